The highest BCUT2D eigenvalue weighted by atomic mass is 16.6. The number of carbonyl (C=O) groups excluding carboxylic acids is 1. The molecular formula is C18H28N2O4. The molecule has 1 fully saturated rings. The van der Waals surface area contributed by atoms with E-state index in [4.69, 9.17) is 19.9 Å². The molecule has 0 spiro atoms. The van der Waals surface area contributed by atoms with Gasteiger partial charge in [0.05, 0.1) is 14.2 Å². The van der Waals surface area contributed by atoms with Crippen molar-refractivity contribution in [2.75, 3.05) is 27.3 Å². The van der Waals surface area contributed by atoms with E-state index < -0.39 is 5.60 Å². The Kier molecular flexibility index (Phi) is 5.59. The lowest BCUT2D eigenvalue weighted by Crippen LogP contribution is -2.50. The van der Waals surface area contributed by atoms with Crippen LogP contribution in [0.2, 0.25) is 0 Å². The monoisotopic (exact) mass is 336 g/mol. The summed E-state index contributed by atoms with van der Waals surface area (Å²) in [6.07, 6.45) is 0.485. The van der Waals surface area contributed by atoms with Gasteiger partial charge in [0.25, 0.3) is 0 Å². The third-order valence-corrected chi connectivity index (χ3v) is 4.15. The molecule has 0 aliphatic carbocycles. The van der Waals surface area contributed by atoms with Crippen molar-refractivity contribution in [1.29, 1.82) is 0 Å². The lowest BCUT2D eigenvalue weighted by atomic mass is 9.85. The minimum Gasteiger partial charge on any atom is -0.493 e. The Balaban J connectivity index is 2.07. The maximum atomic E-state index is 12.2. The maximum absolute atomic E-state index is 12.2. The molecule has 0 radical (unpaired) electrons. The van der Waals surface area contributed by atoms with Crippen LogP contribution in [0.15, 0.2) is 18.2 Å². The second kappa shape index (κ2) is 7.30. The van der Waals surface area contributed by atoms with Gasteiger partial charge in [-0.25, -0.2) is 4.79 Å². The largest absolute Gasteiger partial charge is 0.493 e. The van der Waals surface area contributed by atoms with Crippen molar-refractivity contribution in [2.24, 2.45) is 5.73 Å². The van der Waals surface area contributed by atoms with Crippen molar-refractivity contribution in [3.8, 4) is 11.5 Å². The molecule has 1 amide bonds. The van der Waals surface area contributed by atoms with Crippen LogP contribution >= 0.6 is 0 Å². The summed E-state index contributed by atoms with van der Waals surface area (Å²) in [5, 5.41) is 0. The van der Waals surface area contributed by atoms with Gasteiger partial charge < -0.3 is 24.8 Å². The van der Waals surface area contributed by atoms with Crippen molar-refractivity contribution < 1.29 is 19.0 Å². The van der Waals surface area contributed by atoms with Gasteiger partial charge in [-0.15, -0.1) is 0 Å². The van der Waals surface area contributed by atoms with E-state index in [2.05, 4.69) is 0 Å². The van der Waals surface area contributed by atoms with E-state index in [-0.39, 0.29) is 18.1 Å². The number of likely N-dealkylation sites (tertiary alicyclic amines) is 1. The predicted molar refractivity (Wildman–Crippen MR) is 92.7 cm³/mol. The molecular weight excluding hydrogens is 308 g/mol. The van der Waals surface area contributed by atoms with Gasteiger partial charge in [-0.2, -0.15) is 0 Å². The van der Waals surface area contributed by atoms with Gasteiger partial charge in [-0.05, 0) is 44.9 Å². The summed E-state index contributed by atoms with van der Waals surface area (Å²) in [4.78, 5) is 13.9. The molecule has 6 heteroatoms. The number of ether oxygens (including phenoxy) is 3. The van der Waals surface area contributed by atoms with Gasteiger partial charge in [-0.1, -0.05) is 6.07 Å². The van der Waals surface area contributed by atoms with Crippen LogP contribution in [0.5, 0.6) is 11.5 Å². The minimum atomic E-state index is -0.499. The van der Waals surface area contributed by atoms with Crippen LogP contribution in [-0.2, 0) is 4.74 Å². The first-order chi connectivity index (χ1) is 11.2. The van der Waals surface area contributed by atoms with Crippen LogP contribution in [0.4, 0.5) is 4.79 Å². The van der Waals surface area contributed by atoms with E-state index in [0.717, 1.165) is 12.0 Å². The molecule has 0 bridgehead atoms. The van der Waals surface area contributed by atoms with E-state index in [9.17, 15) is 4.79 Å². The number of rotatable bonds is 3. The van der Waals surface area contributed by atoms with Crippen LogP contribution in [0, 0.1) is 0 Å². The van der Waals surface area contributed by atoms with Crippen molar-refractivity contribution in [2.45, 2.75) is 44.8 Å². The molecule has 1 heterocycles. The number of benzene rings is 1. The topological polar surface area (TPSA) is 74.0 Å². The fraction of sp³-hybridized carbons (Fsp3) is 0.611. The Labute approximate surface area is 143 Å². The summed E-state index contributed by atoms with van der Waals surface area (Å²) < 4.78 is 16.1. The molecule has 1 aromatic carbocycles. The van der Waals surface area contributed by atoms with E-state index in [1.54, 1.807) is 19.1 Å². The number of nitrogens with zero attached hydrogens (tertiary/aromatic N) is 1. The molecule has 2 atom stereocenters. The van der Waals surface area contributed by atoms with E-state index >= 15 is 0 Å². The quantitative estimate of drug-likeness (QED) is 0.919. The Bertz CT molecular complexity index is 583. The van der Waals surface area contributed by atoms with E-state index in [0.29, 0.717) is 24.6 Å². The Morgan fingerprint density at radius 1 is 1.21 bits per heavy atom. The fourth-order valence-electron chi connectivity index (χ4n) is 2.97. The van der Waals surface area contributed by atoms with Crippen LogP contribution in [0.3, 0.4) is 0 Å². The van der Waals surface area contributed by atoms with Gasteiger partial charge in [0, 0.05) is 25.0 Å². The first-order valence-electron chi connectivity index (χ1n) is 8.20. The number of piperidine rings is 1. The average molecular weight is 336 g/mol. The zero-order valence-corrected chi connectivity index (χ0v) is 15.2. The number of carbonyl (C=O) groups is 1. The van der Waals surface area contributed by atoms with E-state index in [1.807, 2.05) is 39.0 Å². The standard InChI is InChI=1S/C18H28N2O4/c1-18(2,3)24-17(21)20-9-8-13(14(19)11-20)12-6-7-15(22-4)16(10-12)23-5/h6-7,10,13-14H,8-9,11,19H2,1-5H3/t13-,14-/m0/s1. The Morgan fingerprint density at radius 2 is 1.88 bits per heavy atom. The SMILES string of the molecule is COc1ccc([C@@H]2CCN(C(=O)OC(C)(C)C)C[C@@H]2N)cc1OC. The summed E-state index contributed by atoms with van der Waals surface area (Å²) in [5.74, 6) is 1.56. The molecule has 0 aromatic heterocycles. The van der Waals surface area contributed by atoms with Crippen molar-refractivity contribution in [1.82, 2.24) is 4.90 Å². The number of hydrogen-bond acceptors (Lipinski definition) is 5. The van der Waals surface area contributed by atoms with Gasteiger partial charge >= 0.3 is 6.09 Å². The maximum Gasteiger partial charge on any atom is 0.410 e. The molecule has 24 heavy (non-hydrogen) atoms. The zero-order valence-electron chi connectivity index (χ0n) is 15.2. The third kappa shape index (κ3) is 4.32. The van der Waals surface area contributed by atoms with Crippen LogP contribution in [-0.4, -0.2) is 49.9 Å². The molecule has 2 rings (SSSR count). The second-order valence-corrected chi connectivity index (χ2v) is 7.10. The molecule has 0 saturated carbocycles. The van der Waals surface area contributed by atoms with Gasteiger partial charge in [0.2, 0.25) is 0 Å². The molecule has 1 aliphatic heterocycles. The second-order valence-electron chi connectivity index (χ2n) is 7.10. The lowest BCUT2D eigenvalue weighted by Gasteiger charge is -2.37. The highest BCUT2D eigenvalue weighted by molar-refractivity contribution is 5.68. The van der Waals surface area contributed by atoms with Crippen LogP contribution in [0.1, 0.15) is 38.7 Å². The first kappa shape index (κ1) is 18.4. The molecule has 0 unspecified atom stereocenters. The minimum absolute atomic E-state index is 0.149. The molecule has 1 aliphatic rings. The Morgan fingerprint density at radius 3 is 2.42 bits per heavy atom. The molecule has 2 N–H and O–H groups in total. The number of hydrogen-bond donors (Lipinski definition) is 1. The average Bonchev–Trinajstić information content (AvgIpc) is 2.52. The summed E-state index contributed by atoms with van der Waals surface area (Å²) in [5.41, 5.74) is 6.95. The van der Waals surface area contributed by atoms with Crippen molar-refractivity contribution >= 4 is 6.09 Å². The lowest BCUT2D eigenvalue weighted by molar-refractivity contribution is 0.0186. The number of amides is 1. The highest BCUT2D eigenvalue weighted by Crippen LogP contribution is 2.34. The number of methoxy groups -OCH3 is 2. The normalized spacial score (nSPS) is 21.3. The predicted octanol–water partition coefficient (Wildman–Crippen LogP) is 2.76. The molecule has 1 saturated heterocycles. The fourth-order valence-corrected chi connectivity index (χ4v) is 2.97. The smallest absolute Gasteiger partial charge is 0.410 e. The summed E-state index contributed by atoms with van der Waals surface area (Å²) in [6, 6.07) is 5.71. The van der Waals surface area contributed by atoms with Crippen LogP contribution < -0.4 is 15.2 Å². The Hall–Kier alpha value is -1.95. The summed E-state index contributed by atoms with van der Waals surface area (Å²) in [6.45, 7) is 6.69. The molecule has 134 valence electrons. The van der Waals surface area contributed by atoms with Gasteiger partial charge in [-0.3, -0.25) is 0 Å². The number of nitrogens with two attached hydrogens (primary N) is 1. The third-order valence-electron chi connectivity index (χ3n) is 4.15. The van der Waals surface area contributed by atoms with Crippen molar-refractivity contribution in [3.05, 3.63) is 23.8 Å². The zero-order chi connectivity index (χ0) is 17.9. The van der Waals surface area contributed by atoms with Crippen LogP contribution in [0.25, 0.3) is 0 Å². The molecule has 1 aromatic rings. The van der Waals surface area contributed by atoms with Gasteiger partial charge in [0.15, 0.2) is 11.5 Å². The summed E-state index contributed by atoms with van der Waals surface area (Å²) in [7, 11) is 3.23. The molecule has 6 nitrogen and oxygen atoms in total. The van der Waals surface area contributed by atoms with E-state index in [1.165, 1.54) is 0 Å². The van der Waals surface area contributed by atoms with Crippen molar-refractivity contribution in [3.63, 3.8) is 0 Å². The first-order valence-corrected chi connectivity index (χ1v) is 8.20. The summed E-state index contributed by atoms with van der Waals surface area (Å²) >= 11 is 0. The van der Waals surface area contributed by atoms with Gasteiger partial charge in [0.1, 0.15) is 5.60 Å². The highest BCUT2D eigenvalue weighted by Gasteiger charge is 2.32.